The fourth-order valence-corrected chi connectivity index (χ4v) is 3.45. The number of aromatic nitrogens is 1. The molecule has 0 saturated carbocycles. The Morgan fingerprint density at radius 2 is 1.83 bits per heavy atom. The molecular formula is C22H21F4N3. The zero-order valence-corrected chi connectivity index (χ0v) is 16.3. The lowest BCUT2D eigenvalue weighted by molar-refractivity contribution is -0.148. The molecule has 0 amide bonds. The molecule has 0 fully saturated rings. The maximum Gasteiger partial charge on any atom is 0.407 e. The van der Waals surface area contributed by atoms with Gasteiger partial charge in [0.25, 0.3) is 0 Å². The van der Waals surface area contributed by atoms with Crippen LogP contribution in [0.25, 0.3) is 22.0 Å². The molecule has 2 aromatic carbocycles. The summed E-state index contributed by atoms with van der Waals surface area (Å²) in [7, 11) is 0. The maximum atomic E-state index is 14.5. The third kappa shape index (κ3) is 4.13. The fraction of sp³-hybridized carbons (Fsp3) is 0.318. The van der Waals surface area contributed by atoms with E-state index in [0.717, 1.165) is 0 Å². The van der Waals surface area contributed by atoms with Crippen LogP contribution in [0, 0.1) is 22.6 Å². The first kappa shape index (κ1) is 20.9. The molecule has 29 heavy (non-hydrogen) atoms. The van der Waals surface area contributed by atoms with Gasteiger partial charge in [0.1, 0.15) is 11.9 Å². The summed E-state index contributed by atoms with van der Waals surface area (Å²) in [6, 6.07) is 8.69. The second-order valence-electron chi connectivity index (χ2n) is 8.30. The first-order valence-electron chi connectivity index (χ1n) is 9.06. The molecule has 0 saturated heterocycles. The predicted molar refractivity (Wildman–Crippen MR) is 104 cm³/mol. The van der Waals surface area contributed by atoms with Crippen LogP contribution in [0.1, 0.15) is 37.9 Å². The highest BCUT2D eigenvalue weighted by Gasteiger charge is 2.39. The topological polar surface area (TPSA) is 54.7 Å². The van der Waals surface area contributed by atoms with Gasteiger partial charge in [-0.15, -0.1) is 0 Å². The van der Waals surface area contributed by atoms with Crippen molar-refractivity contribution < 1.29 is 17.6 Å². The summed E-state index contributed by atoms with van der Waals surface area (Å²) in [5.74, 6) is -0.565. The summed E-state index contributed by atoms with van der Waals surface area (Å²) >= 11 is 0. The summed E-state index contributed by atoms with van der Waals surface area (Å²) in [6.07, 6.45) is -3.16. The molecule has 1 aromatic heterocycles. The van der Waals surface area contributed by atoms with Crippen LogP contribution < -0.4 is 5.73 Å². The molecule has 3 rings (SSSR count). The molecule has 1 heterocycles. The molecule has 0 aliphatic heterocycles. The van der Waals surface area contributed by atoms with E-state index in [9.17, 15) is 22.8 Å². The van der Waals surface area contributed by atoms with Crippen molar-refractivity contribution in [1.82, 2.24) is 4.57 Å². The fourth-order valence-electron chi connectivity index (χ4n) is 3.45. The molecule has 0 radical (unpaired) electrons. The van der Waals surface area contributed by atoms with E-state index in [1.54, 1.807) is 10.6 Å². The average Bonchev–Trinajstić information content (AvgIpc) is 2.95. The quantitative estimate of drug-likeness (QED) is 0.551. The van der Waals surface area contributed by atoms with Crippen molar-refractivity contribution in [3.63, 3.8) is 0 Å². The van der Waals surface area contributed by atoms with E-state index in [0.29, 0.717) is 23.0 Å². The van der Waals surface area contributed by atoms with Gasteiger partial charge >= 0.3 is 6.18 Å². The molecule has 152 valence electrons. The van der Waals surface area contributed by atoms with Crippen molar-refractivity contribution in [3.8, 4) is 17.2 Å². The molecule has 0 unspecified atom stereocenters. The Balaban J connectivity index is 2.27. The molecule has 3 nitrogen and oxygen atoms in total. The number of nitrogens with zero attached hydrogens (tertiary/aromatic N) is 2. The van der Waals surface area contributed by atoms with Crippen molar-refractivity contribution in [2.24, 2.45) is 11.1 Å². The van der Waals surface area contributed by atoms with E-state index in [-0.39, 0.29) is 22.1 Å². The Bertz CT molecular complexity index is 1100. The van der Waals surface area contributed by atoms with Crippen molar-refractivity contribution in [1.29, 1.82) is 5.26 Å². The molecular weight excluding hydrogens is 382 g/mol. The molecule has 1 atom stereocenters. The van der Waals surface area contributed by atoms with Crippen LogP contribution in [-0.4, -0.2) is 10.7 Å². The van der Waals surface area contributed by atoms with E-state index >= 15 is 0 Å². The van der Waals surface area contributed by atoms with E-state index in [2.05, 4.69) is 0 Å². The van der Waals surface area contributed by atoms with Gasteiger partial charge in [0.2, 0.25) is 0 Å². The number of hydrogen-bond donors (Lipinski definition) is 1. The molecule has 0 aliphatic rings. The molecule has 0 bridgehead atoms. The number of alkyl halides is 3. The number of hydrogen-bond acceptors (Lipinski definition) is 2. The van der Waals surface area contributed by atoms with Crippen LogP contribution in [0.2, 0.25) is 0 Å². The number of fused-ring (bicyclic) bond motifs is 1. The van der Waals surface area contributed by atoms with Gasteiger partial charge in [-0.25, -0.2) is 4.39 Å². The second kappa shape index (κ2) is 7.20. The van der Waals surface area contributed by atoms with Gasteiger partial charge in [-0.3, -0.25) is 0 Å². The zero-order chi connectivity index (χ0) is 21.6. The van der Waals surface area contributed by atoms with E-state index < -0.39 is 18.0 Å². The molecule has 0 aliphatic carbocycles. The lowest BCUT2D eigenvalue weighted by Gasteiger charge is -2.20. The molecule has 7 heteroatoms. The number of benzene rings is 2. The zero-order valence-electron chi connectivity index (χ0n) is 16.3. The minimum atomic E-state index is -4.58. The SMILES string of the molecule is CC(C)(C)Cn1cc([C@H](N)C(F)(F)F)c2ccc(-c3c(F)cccc3C#N)cc21. The Hall–Kier alpha value is -2.85. The minimum absolute atomic E-state index is 0.0302. The largest absolute Gasteiger partial charge is 0.407 e. The highest BCUT2D eigenvalue weighted by atomic mass is 19.4. The summed E-state index contributed by atoms with van der Waals surface area (Å²) in [5, 5.41) is 9.69. The van der Waals surface area contributed by atoms with Gasteiger partial charge < -0.3 is 10.3 Å². The summed E-state index contributed by atoms with van der Waals surface area (Å²) in [6.45, 7) is 6.35. The first-order valence-corrected chi connectivity index (χ1v) is 9.06. The smallest absolute Gasteiger partial charge is 0.347 e. The van der Waals surface area contributed by atoms with Crippen LogP contribution in [0.3, 0.4) is 0 Å². The van der Waals surface area contributed by atoms with Gasteiger partial charge in [-0.1, -0.05) is 39.0 Å². The summed E-state index contributed by atoms with van der Waals surface area (Å²) in [5.41, 5.74) is 6.47. The van der Waals surface area contributed by atoms with Crippen molar-refractivity contribution in [2.45, 2.75) is 39.5 Å². The lowest BCUT2D eigenvalue weighted by atomic mass is 9.96. The van der Waals surface area contributed by atoms with Gasteiger partial charge in [0, 0.05) is 34.8 Å². The Morgan fingerprint density at radius 1 is 1.14 bits per heavy atom. The highest BCUT2D eigenvalue weighted by Crippen LogP contribution is 2.38. The molecule has 0 spiro atoms. The van der Waals surface area contributed by atoms with Crippen LogP contribution in [-0.2, 0) is 6.54 Å². The normalized spacial score (nSPS) is 13.5. The van der Waals surface area contributed by atoms with Gasteiger partial charge in [0.15, 0.2) is 0 Å². The van der Waals surface area contributed by atoms with Crippen molar-refractivity contribution >= 4 is 10.9 Å². The van der Waals surface area contributed by atoms with Crippen molar-refractivity contribution in [3.05, 3.63) is 59.5 Å². The Labute approximate surface area is 166 Å². The maximum absolute atomic E-state index is 14.5. The average molecular weight is 403 g/mol. The molecule has 3 aromatic rings. The standard InChI is InChI=1S/C22H21F4N3/c1-21(2,3)12-29-11-16(20(28)22(24,25)26)15-8-7-13(9-18(15)29)19-14(10-27)5-4-6-17(19)23/h4-9,11,20H,12,28H2,1-3H3/t20-/m0/s1. The highest BCUT2D eigenvalue weighted by molar-refractivity contribution is 5.89. The number of nitrogens with two attached hydrogens (primary N) is 1. The van der Waals surface area contributed by atoms with Crippen molar-refractivity contribution in [2.75, 3.05) is 0 Å². The third-order valence-corrected chi connectivity index (χ3v) is 4.67. The second-order valence-corrected chi connectivity index (χ2v) is 8.30. The van der Waals surface area contributed by atoms with Gasteiger partial charge in [-0.05, 0) is 29.2 Å². The lowest BCUT2D eigenvalue weighted by Crippen LogP contribution is -2.28. The van der Waals surface area contributed by atoms with Crippen LogP contribution in [0.4, 0.5) is 17.6 Å². The molecule has 2 N–H and O–H groups in total. The van der Waals surface area contributed by atoms with Crippen LogP contribution >= 0.6 is 0 Å². The first-order chi connectivity index (χ1) is 13.4. The summed E-state index contributed by atoms with van der Waals surface area (Å²) < 4.78 is 56.0. The summed E-state index contributed by atoms with van der Waals surface area (Å²) in [4.78, 5) is 0. The van der Waals surface area contributed by atoms with Crippen LogP contribution in [0.15, 0.2) is 42.6 Å². The number of halogens is 4. The Kier molecular flexibility index (Phi) is 5.18. The Morgan fingerprint density at radius 3 is 2.41 bits per heavy atom. The van der Waals surface area contributed by atoms with Gasteiger partial charge in [-0.2, -0.15) is 18.4 Å². The third-order valence-electron chi connectivity index (χ3n) is 4.67. The van der Waals surface area contributed by atoms with E-state index in [1.807, 2.05) is 26.8 Å². The number of rotatable bonds is 3. The van der Waals surface area contributed by atoms with E-state index in [4.69, 9.17) is 5.73 Å². The monoisotopic (exact) mass is 403 g/mol. The van der Waals surface area contributed by atoms with E-state index in [1.165, 1.54) is 36.5 Å². The number of nitriles is 1. The van der Waals surface area contributed by atoms with Gasteiger partial charge in [0.05, 0.1) is 11.6 Å². The minimum Gasteiger partial charge on any atom is -0.347 e. The van der Waals surface area contributed by atoms with Crippen LogP contribution in [0.5, 0.6) is 0 Å². The predicted octanol–water partition coefficient (Wildman–Crippen LogP) is 5.93.